The molecule has 0 aliphatic carbocycles. The average Bonchev–Trinajstić information content (AvgIpc) is 2.56. The zero-order valence-electron chi connectivity index (χ0n) is 15.1. The molecule has 1 N–H and O–H groups in total. The molecule has 7 nitrogen and oxygen atoms in total. The Morgan fingerprint density at radius 2 is 2.00 bits per heavy atom. The predicted octanol–water partition coefficient (Wildman–Crippen LogP) is 3.16. The average molecular weight is 346 g/mol. The highest BCUT2D eigenvalue weighted by Crippen LogP contribution is 2.31. The van der Waals surface area contributed by atoms with Crippen molar-refractivity contribution in [3.8, 4) is 0 Å². The van der Waals surface area contributed by atoms with Crippen molar-refractivity contribution in [1.29, 1.82) is 0 Å². The second kappa shape index (κ2) is 7.00. The maximum Gasteiger partial charge on any atom is 0.321 e. The van der Waals surface area contributed by atoms with E-state index in [0.717, 1.165) is 38.0 Å². The maximum absolute atomic E-state index is 12.7. The van der Waals surface area contributed by atoms with Crippen molar-refractivity contribution in [1.82, 2.24) is 9.80 Å². The van der Waals surface area contributed by atoms with Gasteiger partial charge in [-0.25, -0.2) is 4.79 Å². The molecule has 2 atom stereocenters. The largest absolute Gasteiger partial charge is 0.324 e. The lowest BCUT2D eigenvalue weighted by Crippen LogP contribution is -2.54. The van der Waals surface area contributed by atoms with Crippen molar-refractivity contribution in [2.75, 3.05) is 32.0 Å². The Balaban J connectivity index is 1.71. The number of aryl methyl sites for hydroxylation is 2. The molecule has 0 radical (unpaired) electrons. The van der Waals surface area contributed by atoms with Crippen molar-refractivity contribution in [2.45, 2.75) is 39.2 Å². The van der Waals surface area contributed by atoms with Crippen LogP contribution in [0.4, 0.5) is 16.2 Å². The van der Waals surface area contributed by atoms with Gasteiger partial charge in [0, 0.05) is 30.8 Å². The molecule has 0 spiro atoms. The van der Waals surface area contributed by atoms with Crippen LogP contribution in [0, 0.1) is 29.9 Å². The summed E-state index contributed by atoms with van der Waals surface area (Å²) in [6.07, 6.45) is 3.33. The van der Waals surface area contributed by atoms with Crippen LogP contribution in [-0.2, 0) is 0 Å². The van der Waals surface area contributed by atoms with Gasteiger partial charge in [0.15, 0.2) is 0 Å². The molecule has 136 valence electrons. The van der Waals surface area contributed by atoms with Crippen LogP contribution in [0.1, 0.15) is 30.4 Å². The summed E-state index contributed by atoms with van der Waals surface area (Å²) < 4.78 is 0. The number of fused-ring (bicyclic) bond motifs is 1. The van der Waals surface area contributed by atoms with Crippen LogP contribution >= 0.6 is 0 Å². The highest BCUT2D eigenvalue weighted by atomic mass is 16.6. The number of carbonyl (C=O) groups excluding carboxylic acids is 1. The summed E-state index contributed by atoms with van der Waals surface area (Å²) in [7, 11) is 2.17. The summed E-state index contributed by atoms with van der Waals surface area (Å²) in [5, 5.41) is 14.0. The molecular formula is C18H26N4O3. The normalized spacial score (nSPS) is 23.9. The molecule has 0 saturated carbocycles. The quantitative estimate of drug-likeness (QED) is 0.659. The van der Waals surface area contributed by atoms with E-state index in [-0.39, 0.29) is 11.7 Å². The van der Waals surface area contributed by atoms with Gasteiger partial charge in [0.2, 0.25) is 0 Å². The number of benzene rings is 1. The van der Waals surface area contributed by atoms with Gasteiger partial charge in [0.1, 0.15) is 0 Å². The number of hydrogen-bond acceptors (Lipinski definition) is 4. The molecule has 2 fully saturated rings. The summed E-state index contributed by atoms with van der Waals surface area (Å²) in [5.41, 5.74) is 1.99. The van der Waals surface area contributed by atoms with Crippen LogP contribution in [0.2, 0.25) is 0 Å². The van der Waals surface area contributed by atoms with Gasteiger partial charge in [-0.15, -0.1) is 0 Å². The lowest BCUT2D eigenvalue weighted by molar-refractivity contribution is -0.385. The number of hydrogen-bond donors (Lipinski definition) is 1. The van der Waals surface area contributed by atoms with E-state index in [1.165, 1.54) is 12.5 Å². The van der Waals surface area contributed by atoms with E-state index in [1.54, 1.807) is 13.0 Å². The highest BCUT2D eigenvalue weighted by Gasteiger charge is 2.35. The molecule has 2 aliphatic heterocycles. The van der Waals surface area contributed by atoms with Crippen LogP contribution in [-0.4, -0.2) is 53.5 Å². The van der Waals surface area contributed by atoms with Gasteiger partial charge in [-0.1, -0.05) is 0 Å². The van der Waals surface area contributed by atoms with Crippen molar-refractivity contribution >= 4 is 17.4 Å². The Morgan fingerprint density at radius 1 is 1.24 bits per heavy atom. The molecule has 0 unspecified atom stereocenters. The fourth-order valence-corrected chi connectivity index (χ4v) is 4.20. The zero-order chi connectivity index (χ0) is 18.1. The van der Waals surface area contributed by atoms with E-state index in [2.05, 4.69) is 17.3 Å². The zero-order valence-corrected chi connectivity index (χ0v) is 15.1. The fraction of sp³-hybridized carbons (Fsp3) is 0.611. The number of rotatable bonds is 2. The summed E-state index contributed by atoms with van der Waals surface area (Å²) in [4.78, 5) is 27.7. The minimum Gasteiger partial charge on any atom is -0.324 e. The van der Waals surface area contributed by atoms with Crippen molar-refractivity contribution in [3.63, 3.8) is 0 Å². The minimum absolute atomic E-state index is 0.0357. The van der Waals surface area contributed by atoms with Crippen LogP contribution < -0.4 is 5.32 Å². The number of nitro benzene ring substituents is 1. The third-order valence-electron chi connectivity index (χ3n) is 5.61. The standard InChI is InChI=1S/C18H26N4O3/c1-12-9-13(2)17(22(24)25)10-15(12)19-18(23)21-8-6-16-14(11-21)5-4-7-20(16)3/h9-10,14,16H,4-8,11H2,1-3H3,(H,19,23)/t14-,16-/m1/s1. The minimum atomic E-state index is -0.409. The van der Waals surface area contributed by atoms with Gasteiger partial charge in [0.25, 0.3) is 5.69 Å². The Morgan fingerprint density at radius 3 is 2.72 bits per heavy atom. The van der Waals surface area contributed by atoms with E-state index < -0.39 is 4.92 Å². The van der Waals surface area contributed by atoms with Gasteiger partial charge in [-0.2, -0.15) is 0 Å². The van der Waals surface area contributed by atoms with Gasteiger partial charge in [-0.3, -0.25) is 10.1 Å². The number of piperidine rings is 2. The summed E-state index contributed by atoms with van der Waals surface area (Å²) in [6, 6.07) is 3.62. The third kappa shape index (κ3) is 3.61. The first-order chi connectivity index (χ1) is 11.9. The molecule has 1 aromatic carbocycles. The first kappa shape index (κ1) is 17.7. The first-order valence-electron chi connectivity index (χ1n) is 8.88. The number of amides is 2. The van der Waals surface area contributed by atoms with Crippen LogP contribution in [0.15, 0.2) is 12.1 Å². The Kier molecular flexibility index (Phi) is 4.94. The molecular weight excluding hydrogens is 320 g/mol. The molecule has 2 saturated heterocycles. The third-order valence-corrected chi connectivity index (χ3v) is 5.61. The topological polar surface area (TPSA) is 78.7 Å². The number of anilines is 1. The van der Waals surface area contributed by atoms with Gasteiger partial charge in [-0.05, 0) is 64.3 Å². The number of nitrogens with one attached hydrogen (secondary N) is 1. The van der Waals surface area contributed by atoms with Crippen molar-refractivity contribution in [3.05, 3.63) is 33.4 Å². The van der Waals surface area contributed by atoms with Crippen LogP contribution in [0.3, 0.4) is 0 Å². The molecule has 1 aromatic rings. The molecule has 2 aliphatic rings. The molecule has 0 aromatic heterocycles. The van der Waals surface area contributed by atoms with E-state index in [4.69, 9.17) is 0 Å². The molecule has 7 heteroatoms. The summed E-state index contributed by atoms with van der Waals surface area (Å²) in [5.74, 6) is 0.520. The number of likely N-dealkylation sites (tertiary alicyclic amines) is 2. The SMILES string of the molecule is Cc1cc(C)c([N+](=O)[O-])cc1NC(=O)N1CC[C@@H]2[C@H](CCCN2C)C1. The van der Waals surface area contributed by atoms with Gasteiger partial charge < -0.3 is 15.1 Å². The van der Waals surface area contributed by atoms with E-state index in [0.29, 0.717) is 23.2 Å². The monoisotopic (exact) mass is 346 g/mol. The highest BCUT2D eigenvalue weighted by molar-refractivity contribution is 5.90. The Hall–Kier alpha value is -2.15. The van der Waals surface area contributed by atoms with Crippen molar-refractivity contribution < 1.29 is 9.72 Å². The van der Waals surface area contributed by atoms with Gasteiger partial charge in [0.05, 0.1) is 10.6 Å². The second-order valence-corrected chi connectivity index (χ2v) is 7.33. The number of nitrogens with zero attached hydrogens (tertiary/aromatic N) is 3. The molecule has 3 rings (SSSR count). The Labute approximate surface area is 148 Å². The lowest BCUT2D eigenvalue weighted by Gasteiger charge is -2.45. The second-order valence-electron chi connectivity index (χ2n) is 7.33. The molecule has 25 heavy (non-hydrogen) atoms. The molecule has 2 amide bonds. The van der Waals surface area contributed by atoms with Crippen LogP contribution in [0.25, 0.3) is 0 Å². The smallest absolute Gasteiger partial charge is 0.321 e. The summed E-state index contributed by atoms with van der Waals surface area (Å²) >= 11 is 0. The molecule has 0 bridgehead atoms. The lowest BCUT2D eigenvalue weighted by atomic mass is 9.84. The predicted molar refractivity (Wildman–Crippen MR) is 96.9 cm³/mol. The van der Waals surface area contributed by atoms with E-state index in [1.807, 2.05) is 11.8 Å². The number of carbonyl (C=O) groups is 1. The van der Waals surface area contributed by atoms with E-state index in [9.17, 15) is 14.9 Å². The summed E-state index contributed by atoms with van der Waals surface area (Å²) in [6.45, 7) is 6.19. The fourth-order valence-electron chi connectivity index (χ4n) is 4.20. The number of urea groups is 1. The first-order valence-corrected chi connectivity index (χ1v) is 8.88. The number of nitro groups is 1. The van der Waals surface area contributed by atoms with E-state index >= 15 is 0 Å². The van der Waals surface area contributed by atoms with Crippen molar-refractivity contribution in [2.24, 2.45) is 5.92 Å². The molecule has 2 heterocycles. The van der Waals surface area contributed by atoms with Gasteiger partial charge >= 0.3 is 6.03 Å². The van der Waals surface area contributed by atoms with Crippen LogP contribution in [0.5, 0.6) is 0 Å². The maximum atomic E-state index is 12.7. The Bertz CT molecular complexity index is 691.